The van der Waals surface area contributed by atoms with E-state index in [-0.39, 0.29) is 22.8 Å². The second-order valence-corrected chi connectivity index (χ2v) is 8.67. The Balaban J connectivity index is 1.86. The molecule has 2 heterocycles. The summed E-state index contributed by atoms with van der Waals surface area (Å²) in [5, 5.41) is 20.4. The number of ether oxygens (including phenoxy) is 2. The van der Waals surface area contributed by atoms with Crippen molar-refractivity contribution >= 4 is 11.9 Å². The number of ketones is 1. The van der Waals surface area contributed by atoms with Crippen molar-refractivity contribution in [2.75, 3.05) is 0 Å². The summed E-state index contributed by atoms with van der Waals surface area (Å²) < 4.78 is 12.4. The summed E-state index contributed by atoms with van der Waals surface area (Å²) in [5.41, 5.74) is 2.22. The zero-order valence-corrected chi connectivity index (χ0v) is 17.6. The fourth-order valence-electron chi connectivity index (χ4n) is 3.93. The van der Waals surface area contributed by atoms with Gasteiger partial charge in [-0.1, -0.05) is 23.8 Å². The minimum absolute atomic E-state index is 0.133. The van der Waals surface area contributed by atoms with Gasteiger partial charge in [-0.05, 0) is 64.0 Å². The number of aromatic hydroxyl groups is 2. The van der Waals surface area contributed by atoms with E-state index in [1.807, 2.05) is 45.9 Å². The molecule has 5 heteroatoms. The van der Waals surface area contributed by atoms with Gasteiger partial charge in [0.05, 0.1) is 11.5 Å². The molecule has 0 amide bonds. The second-order valence-electron chi connectivity index (χ2n) is 8.67. The average molecular weight is 406 g/mol. The molecule has 2 N–H and O–H groups in total. The van der Waals surface area contributed by atoms with E-state index in [0.29, 0.717) is 23.5 Å². The maximum atomic E-state index is 13.5. The number of rotatable bonds is 3. The van der Waals surface area contributed by atoms with Gasteiger partial charge in [0, 0.05) is 6.07 Å². The quantitative estimate of drug-likeness (QED) is 0.652. The van der Waals surface area contributed by atoms with Gasteiger partial charge in [0.15, 0.2) is 5.78 Å². The molecule has 5 nitrogen and oxygen atoms in total. The zero-order chi connectivity index (χ0) is 21.6. The summed E-state index contributed by atoms with van der Waals surface area (Å²) in [6, 6.07) is 8.19. The maximum Gasteiger partial charge on any atom is 0.177 e. The first-order valence-electron chi connectivity index (χ1n) is 10.1. The molecule has 0 saturated carbocycles. The Kier molecular flexibility index (Phi) is 4.85. The number of allylic oxidation sites excluding steroid dienone is 2. The van der Waals surface area contributed by atoms with Crippen LogP contribution in [0.25, 0.3) is 6.08 Å². The first kappa shape index (κ1) is 20.1. The monoisotopic (exact) mass is 406 g/mol. The highest BCUT2D eigenvalue weighted by atomic mass is 16.5. The number of benzene rings is 2. The third-order valence-electron chi connectivity index (χ3n) is 5.48. The Hall–Kier alpha value is -3.21. The Morgan fingerprint density at radius 2 is 1.87 bits per heavy atom. The molecule has 4 rings (SSSR count). The summed E-state index contributed by atoms with van der Waals surface area (Å²) in [5.74, 6) is 0.185. The third kappa shape index (κ3) is 3.56. The van der Waals surface area contributed by atoms with Gasteiger partial charge in [-0.25, -0.2) is 0 Å². The highest BCUT2D eigenvalue weighted by Gasteiger charge is 2.42. The molecule has 0 aliphatic carbocycles. The van der Waals surface area contributed by atoms with Gasteiger partial charge >= 0.3 is 0 Å². The number of phenolic OH excluding ortho intramolecular Hbond substituents is 2. The van der Waals surface area contributed by atoms with Gasteiger partial charge in [0.2, 0.25) is 0 Å². The molecule has 0 saturated heterocycles. The molecule has 2 unspecified atom stereocenters. The smallest absolute Gasteiger partial charge is 0.177 e. The van der Waals surface area contributed by atoms with Crippen molar-refractivity contribution in [1.82, 2.24) is 0 Å². The van der Waals surface area contributed by atoms with Crippen molar-refractivity contribution < 1.29 is 24.5 Å². The fourth-order valence-corrected chi connectivity index (χ4v) is 3.93. The fraction of sp³-hybridized carbons (Fsp3) is 0.320. The van der Waals surface area contributed by atoms with Crippen LogP contribution in [0.5, 0.6) is 23.0 Å². The Morgan fingerprint density at radius 1 is 1.17 bits per heavy atom. The standard InChI is InChI=1S/C25H26O5/c1-14(2)5-10-18-22(28)21-19(27)13-20-17(11-12-25(3,4)30-20)24(21)29-23(18)15-6-8-16(26)9-7-15/h5-9,11-13,18,23,26-27H,10H2,1-4H3. The number of hydrogen-bond donors (Lipinski definition) is 2. The van der Waals surface area contributed by atoms with Crippen LogP contribution in [0.1, 0.15) is 61.7 Å². The highest BCUT2D eigenvalue weighted by Crippen LogP contribution is 2.50. The number of phenols is 2. The number of Topliss-reactive ketones (excluding diaryl/α,β-unsaturated/α-hetero) is 1. The first-order valence-corrected chi connectivity index (χ1v) is 10.1. The van der Waals surface area contributed by atoms with Crippen molar-refractivity contribution in [3.8, 4) is 23.0 Å². The van der Waals surface area contributed by atoms with E-state index in [1.54, 1.807) is 24.3 Å². The molecule has 2 atom stereocenters. The van der Waals surface area contributed by atoms with E-state index in [0.717, 1.165) is 11.1 Å². The van der Waals surface area contributed by atoms with Crippen molar-refractivity contribution in [3.63, 3.8) is 0 Å². The first-order chi connectivity index (χ1) is 14.2. The largest absolute Gasteiger partial charge is 0.508 e. The predicted octanol–water partition coefficient (Wildman–Crippen LogP) is 5.57. The number of carbonyl (C=O) groups excluding carboxylic acids is 1. The lowest BCUT2D eigenvalue weighted by atomic mass is 9.81. The highest BCUT2D eigenvalue weighted by molar-refractivity contribution is 6.05. The van der Waals surface area contributed by atoms with Gasteiger partial charge < -0.3 is 19.7 Å². The summed E-state index contributed by atoms with van der Waals surface area (Å²) in [6.07, 6.45) is 5.74. The van der Waals surface area contributed by atoms with Crippen molar-refractivity contribution in [2.24, 2.45) is 5.92 Å². The summed E-state index contributed by atoms with van der Waals surface area (Å²) >= 11 is 0. The lowest BCUT2D eigenvalue weighted by molar-refractivity contribution is 0.0650. The van der Waals surface area contributed by atoms with E-state index in [4.69, 9.17) is 9.47 Å². The van der Waals surface area contributed by atoms with Gasteiger partial charge in [-0.3, -0.25) is 4.79 Å². The lowest BCUT2D eigenvalue weighted by Gasteiger charge is -2.36. The molecule has 30 heavy (non-hydrogen) atoms. The van der Waals surface area contributed by atoms with Crippen LogP contribution < -0.4 is 9.47 Å². The van der Waals surface area contributed by atoms with E-state index in [2.05, 4.69) is 0 Å². The van der Waals surface area contributed by atoms with Crippen LogP contribution in [0.3, 0.4) is 0 Å². The van der Waals surface area contributed by atoms with E-state index in [9.17, 15) is 15.0 Å². The predicted molar refractivity (Wildman–Crippen MR) is 115 cm³/mol. The van der Waals surface area contributed by atoms with E-state index in [1.165, 1.54) is 6.07 Å². The SMILES string of the molecule is CC(C)=CCC1C(=O)c2c(O)cc3c(c2OC1c1ccc(O)cc1)C=CC(C)(C)O3. The molecule has 0 spiro atoms. The molecule has 156 valence electrons. The maximum absolute atomic E-state index is 13.5. The normalized spacial score (nSPS) is 21.1. The Bertz CT molecular complexity index is 1060. The number of hydrogen-bond acceptors (Lipinski definition) is 5. The number of carbonyl (C=O) groups is 1. The van der Waals surface area contributed by atoms with Gasteiger partial charge in [0.25, 0.3) is 0 Å². The Labute approximate surface area is 176 Å². The minimum atomic E-state index is -0.546. The topological polar surface area (TPSA) is 76.0 Å². The lowest BCUT2D eigenvalue weighted by Crippen LogP contribution is -2.33. The molecule has 0 radical (unpaired) electrons. The second kappa shape index (κ2) is 7.24. The molecule has 0 aromatic heterocycles. The molecule has 0 bridgehead atoms. The zero-order valence-electron chi connectivity index (χ0n) is 17.6. The van der Waals surface area contributed by atoms with Crippen molar-refractivity contribution in [3.05, 3.63) is 64.7 Å². The van der Waals surface area contributed by atoms with Crippen LogP contribution in [0.15, 0.2) is 48.1 Å². The van der Waals surface area contributed by atoms with Gasteiger partial charge in [-0.2, -0.15) is 0 Å². The van der Waals surface area contributed by atoms with Crippen LogP contribution >= 0.6 is 0 Å². The third-order valence-corrected chi connectivity index (χ3v) is 5.48. The molecule has 2 aromatic carbocycles. The van der Waals surface area contributed by atoms with Crippen LogP contribution in [0.4, 0.5) is 0 Å². The number of fused-ring (bicyclic) bond motifs is 3. The molecule has 2 aromatic rings. The summed E-state index contributed by atoms with van der Waals surface area (Å²) in [4.78, 5) is 13.5. The van der Waals surface area contributed by atoms with Crippen molar-refractivity contribution in [2.45, 2.75) is 45.8 Å². The van der Waals surface area contributed by atoms with Gasteiger partial charge in [-0.15, -0.1) is 0 Å². The van der Waals surface area contributed by atoms with Crippen LogP contribution in [0.2, 0.25) is 0 Å². The van der Waals surface area contributed by atoms with E-state index < -0.39 is 17.6 Å². The van der Waals surface area contributed by atoms with Crippen molar-refractivity contribution in [1.29, 1.82) is 0 Å². The Morgan fingerprint density at radius 3 is 2.53 bits per heavy atom. The van der Waals surface area contributed by atoms with Crippen LogP contribution in [0, 0.1) is 5.92 Å². The summed E-state index contributed by atoms with van der Waals surface area (Å²) in [7, 11) is 0. The van der Waals surface area contributed by atoms with Gasteiger partial charge in [0.1, 0.15) is 40.3 Å². The minimum Gasteiger partial charge on any atom is -0.508 e. The van der Waals surface area contributed by atoms with Crippen LogP contribution in [-0.2, 0) is 0 Å². The molecule has 0 fully saturated rings. The average Bonchev–Trinajstić information content (AvgIpc) is 2.66. The molecule has 2 aliphatic heterocycles. The molecule has 2 aliphatic rings. The molecular formula is C25H26O5. The van der Waals surface area contributed by atoms with Crippen LogP contribution in [-0.4, -0.2) is 21.6 Å². The molecular weight excluding hydrogens is 380 g/mol. The van der Waals surface area contributed by atoms with E-state index >= 15 is 0 Å². The summed E-state index contributed by atoms with van der Waals surface area (Å²) in [6.45, 7) is 7.80.